The fourth-order valence-electron chi connectivity index (χ4n) is 3.13. The van der Waals surface area contributed by atoms with Crippen molar-refractivity contribution in [1.29, 1.82) is 0 Å². The molecule has 0 spiro atoms. The Bertz CT molecular complexity index is 1400. The molecule has 4 aromatic rings. The van der Waals surface area contributed by atoms with E-state index in [0.717, 1.165) is 10.2 Å². The molecule has 0 fully saturated rings. The molecule has 0 bridgehead atoms. The van der Waals surface area contributed by atoms with Gasteiger partial charge >= 0.3 is 5.69 Å². The summed E-state index contributed by atoms with van der Waals surface area (Å²) in [7, 11) is 3.02. The van der Waals surface area contributed by atoms with Gasteiger partial charge in [0.2, 0.25) is 11.6 Å². The van der Waals surface area contributed by atoms with Crippen LogP contribution in [0.25, 0.3) is 5.65 Å². The van der Waals surface area contributed by atoms with Crippen LogP contribution in [0.3, 0.4) is 0 Å². The molecule has 2 heterocycles. The average molecular weight is 470 g/mol. The van der Waals surface area contributed by atoms with Gasteiger partial charge in [0.15, 0.2) is 0 Å². The molecule has 0 saturated heterocycles. The smallest absolute Gasteiger partial charge is 0.351 e. The number of aromatic nitrogens is 4. The first-order valence-corrected chi connectivity index (χ1v) is 10.2. The van der Waals surface area contributed by atoms with Crippen molar-refractivity contribution in [3.8, 4) is 23.1 Å². The third-order valence-corrected chi connectivity index (χ3v) is 5.18. The van der Waals surface area contributed by atoms with Gasteiger partial charge in [0.25, 0.3) is 5.88 Å². The zero-order chi connectivity index (χ0) is 23.5. The van der Waals surface area contributed by atoms with E-state index < -0.39 is 11.6 Å². The normalized spacial score (nSPS) is 10.8. The highest BCUT2D eigenvalue weighted by atomic mass is 35.5. The third-order valence-electron chi connectivity index (χ3n) is 4.77. The quantitative estimate of drug-likeness (QED) is 0.442. The molecule has 1 amide bonds. The van der Waals surface area contributed by atoms with Crippen LogP contribution in [0.15, 0.2) is 53.6 Å². The van der Waals surface area contributed by atoms with Crippen LogP contribution in [-0.2, 0) is 11.3 Å². The molecule has 170 valence electrons. The van der Waals surface area contributed by atoms with Crippen molar-refractivity contribution >= 4 is 28.8 Å². The fraction of sp³-hybridized carbons (Fsp3) is 0.182. The van der Waals surface area contributed by atoms with Crippen LogP contribution >= 0.6 is 11.6 Å². The van der Waals surface area contributed by atoms with Gasteiger partial charge in [-0.25, -0.2) is 18.9 Å². The molecule has 0 aliphatic rings. The number of nitrogens with zero attached hydrogens (tertiary/aromatic N) is 4. The van der Waals surface area contributed by atoms with E-state index in [1.165, 1.54) is 23.9 Å². The lowest BCUT2D eigenvalue weighted by atomic mass is 10.2. The molecule has 2 aromatic heterocycles. The van der Waals surface area contributed by atoms with Gasteiger partial charge in [-0.15, -0.1) is 5.10 Å². The maximum Gasteiger partial charge on any atom is 0.351 e. The van der Waals surface area contributed by atoms with Gasteiger partial charge < -0.3 is 19.5 Å². The SMILES string of the molecule is COc1cccc(Oc2nccn3c(=O)n(CC(=O)Nc4cc(C)c(Cl)cc4OC)nc23)c1. The summed E-state index contributed by atoms with van der Waals surface area (Å²) >= 11 is 6.11. The molecule has 11 heteroatoms. The highest BCUT2D eigenvalue weighted by Gasteiger charge is 2.17. The van der Waals surface area contributed by atoms with Crippen molar-refractivity contribution in [1.82, 2.24) is 19.2 Å². The van der Waals surface area contributed by atoms with E-state index in [1.807, 2.05) is 0 Å². The first kappa shape index (κ1) is 22.2. The first-order valence-electron chi connectivity index (χ1n) is 9.79. The van der Waals surface area contributed by atoms with Crippen LogP contribution in [0.4, 0.5) is 5.69 Å². The monoisotopic (exact) mass is 469 g/mol. The van der Waals surface area contributed by atoms with Gasteiger partial charge in [0.1, 0.15) is 23.8 Å². The van der Waals surface area contributed by atoms with Crippen molar-refractivity contribution in [2.75, 3.05) is 19.5 Å². The van der Waals surface area contributed by atoms with E-state index in [9.17, 15) is 9.59 Å². The van der Waals surface area contributed by atoms with Crippen LogP contribution in [0.5, 0.6) is 23.1 Å². The number of fused-ring (bicyclic) bond motifs is 1. The van der Waals surface area contributed by atoms with Gasteiger partial charge in [0, 0.05) is 29.5 Å². The number of rotatable bonds is 7. The van der Waals surface area contributed by atoms with Crippen LogP contribution in [-0.4, -0.2) is 39.3 Å². The van der Waals surface area contributed by atoms with Crippen LogP contribution < -0.4 is 25.2 Å². The number of anilines is 1. The summed E-state index contributed by atoms with van der Waals surface area (Å²) in [6.07, 6.45) is 2.86. The number of hydrogen-bond donors (Lipinski definition) is 1. The molecule has 0 atom stereocenters. The number of ether oxygens (including phenoxy) is 3. The number of methoxy groups -OCH3 is 2. The Labute approximate surface area is 193 Å². The van der Waals surface area contributed by atoms with E-state index in [0.29, 0.717) is 28.0 Å². The number of nitrogens with one attached hydrogen (secondary N) is 1. The van der Waals surface area contributed by atoms with Gasteiger partial charge in [-0.05, 0) is 30.7 Å². The second kappa shape index (κ2) is 9.21. The molecule has 0 unspecified atom stereocenters. The second-order valence-corrected chi connectivity index (χ2v) is 7.40. The predicted octanol–water partition coefficient (Wildman–Crippen LogP) is 3.30. The summed E-state index contributed by atoms with van der Waals surface area (Å²) in [4.78, 5) is 29.6. The highest BCUT2D eigenvalue weighted by Crippen LogP contribution is 2.31. The summed E-state index contributed by atoms with van der Waals surface area (Å²) in [5.41, 5.74) is 0.850. The molecule has 1 N–H and O–H groups in total. The van der Waals surface area contributed by atoms with E-state index in [-0.39, 0.29) is 18.1 Å². The van der Waals surface area contributed by atoms with Crippen molar-refractivity contribution in [3.63, 3.8) is 0 Å². The lowest BCUT2D eigenvalue weighted by Gasteiger charge is -2.12. The van der Waals surface area contributed by atoms with Gasteiger partial charge in [0.05, 0.1) is 19.9 Å². The average Bonchev–Trinajstić information content (AvgIpc) is 3.12. The van der Waals surface area contributed by atoms with Crippen LogP contribution in [0.1, 0.15) is 5.56 Å². The number of carbonyl (C=O) groups is 1. The van der Waals surface area contributed by atoms with E-state index in [4.69, 9.17) is 25.8 Å². The standard InChI is InChI=1S/C22H20ClN5O5/c1-13-9-17(18(32-3)11-16(13)23)25-19(29)12-28-22(30)27-8-7-24-21(20(27)26-28)33-15-6-4-5-14(10-15)31-2/h4-11H,12H2,1-3H3,(H,25,29). The van der Waals surface area contributed by atoms with E-state index >= 15 is 0 Å². The second-order valence-electron chi connectivity index (χ2n) is 7.00. The Hall–Kier alpha value is -4.05. The zero-order valence-corrected chi connectivity index (χ0v) is 18.8. The number of hydrogen-bond acceptors (Lipinski definition) is 7. The van der Waals surface area contributed by atoms with Crippen molar-refractivity contribution in [2.45, 2.75) is 13.5 Å². The predicted molar refractivity (Wildman–Crippen MR) is 122 cm³/mol. The molecule has 0 aliphatic heterocycles. The number of carbonyl (C=O) groups excluding carboxylic acids is 1. The fourth-order valence-corrected chi connectivity index (χ4v) is 3.29. The molecule has 2 aromatic carbocycles. The molecule has 4 rings (SSSR count). The molecule has 0 saturated carbocycles. The molecular weight excluding hydrogens is 450 g/mol. The minimum Gasteiger partial charge on any atom is -0.497 e. The minimum atomic E-state index is -0.516. The van der Waals surface area contributed by atoms with E-state index in [1.54, 1.807) is 50.4 Å². The molecule has 10 nitrogen and oxygen atoms in total. The van der Waals surface area contributed by atoms with Crippen LogP contribution in [0, 0.1) is 6.92 Å². The Kier molecular flexibility index (Phi) is 6.18. The van der Waals surface area contributed by atoms with Crippen molar-refractivity contribution < 1.29 is 19.0 Å². The largest absolute Gasteiger partial charge is 0.497 e. The van der Waals surface area contributed by atoms with Crippen molar-refractivity contribution in [3.05, 3.63) is 69.9 Å². The highest BCUT2D eigenvalue weighted by molar-refractivity contribution is 6.31. The third kappa shape index (κ3) is 4.60. The maximum atomic E-state index is 12.8. The number of benzene rings is 2. The molecule has 0 radical (unpaired) electrons. The minimum absolute atomic E-state index is 0.108. The van der Waals surface area contributed by atoms with Gasteiger partial charge in [-0.1, -0.05) is 17.7 Å². The van der Waals surface area contributed by atoms with Gasteiger partial charge in [-0.3, -0.25) is 4.79 Å². The lowest BCUT2D eigenvalue weighted by molar-refractivity contribution is -0.117. The van der Waals surface area contributed by atoms with Crippen LogP contribution in [0.2, 0.25) is 5.02 Å². The Morgan fingerprint density at radius 3 is 2.70 bits per heavy atom. The summed E-state index contributed by atoms with van der Waals surface area (Å²) < 4.78 is 18.5. The Morgan fingerprint density at radius 2 is 1.94 bits per heavy atom. The summed E-state index contributed by atoms with van der Waals surface area (Å²) in [6.45, 7) is 1.48. The number of amides is 1. The Morgan fingerprint density at radius 1 is 1.15 bits per heavy atom. The summed E-state index contributed by atoms with van der Waals surface area (Å²) in [5, 5.41) is 7.48. The molecule has 0 aliphatic carbocycles. The Balaban J connectivity index is 1.60. The zero-order valence-electron chi connectivity index (χ0n) is 18.0. The summed E-state index contributed by atoms with van der Waals surface area (Å²) in [6, 6.07) is 10.2. The molecule has 33 heavy (non-hydrogen) atoms. The summed E-state index contributed by atoms with van der Waals surface area (Å²) in [5.74, 6) is 1.10. The maximum absolute atomic E-state index is 12.8. The lowest BCUT2D eigenvalue weighted by Crippen LogP contribution is -2.28. The first-order chi connectivity index (χ1) is 15.9. The van der Waals surface area contributed by atoms with Crippen molar-refractivity contribution in [2.24, 2.45) is 0 Å². The van der Waals surface area contributed by atoms with E-state index in [2.05, 4.69) is 15.4 Å². The number of halogens is 1. The topological polar surface area (TPSA) is 109 Å². The van der Waals surface area contributed by atoms with Gasteiger partial charge in [-0.2, -0.15) is 0 Å². The molecular formula is C22H20ClN5O5. The number of aryl methyl sites for hydroxylation is 1.